The maximum absolute atomic E-state index is 5.57. The van der Waals surface area contributed by atoms with Crippen molar-refractivity contribution in [3.05, 3.63) is 18.0 Å². The number of nitrogens with two attached hydrogens (primary N) is 1. The molecule has 0 aliphatic rings. The van der Waals surface area contributed by atoms with Crippen molar-refractivity contribution in [1.82, 2.24) is 15.2 Å². The third kappa shape index (κ3) is 4.85. The van der Waals surface area contributed by atoms with Gasteiger partial charge in [-0.05, 0) is 38.7 Å². The van der Waals surface area contributed by atoms with E-state index < -0.39 is 0 Å². The molecule has 1 heterocycles. The molecule has 5 heteroatoms. The summed E-state index contributed by atoms with van der Waals surface area (Å²) in [4.78, 5) is 0. The molecule has 5 nitrogen and oxygen atoms in total. The molecule has 0 aliphatic heterocycles. The average Bonchev–Trinajstić information content (AvgIpc) is 2.81. The van der Waals surface area contributed by atoms with Gasteiger partial charge in [-0.3, -0.25) is 16.0 Å². The van der Waals surface area contributed by atoms with Gasteiger partial charge in [0.15, 0.2) is 0 Å². The van der Waals surface area contributed by atoms with E-state index in [-0.39, 0.29) is 12.1 Å². The fraction of sp³-hybridized carbons (Fsp3) is 0.750. The number of ether oxygens (including phenoxy) is 1. The quantitative estimate of drug-likeness (QED) is 0.527. The van der Waals surface area contributed by atoms with Crippen molar-refractivity contribution in [3.63, 3.8) is 0 Å². The molecule has 1 rings (SSSR count). The Bertz CT molecular complexity index is 313. The molecule has 2 unspecified atom stereocenters. The molecule has 0 fully saturated rings. The molecule has 0 amide bonds. The van der Waals surface area contributed by atoms with Crippen LogP contribution in [-0.2, 0) is 17.7 Å². The standard InChI is InChI=1S/C12H24N4O/c1-4-16-9-11(8-14-16)7-12(15-13)6-5-10(2)17-3/h8-10,12,15H,4-7,13H2,1-3H3. The fourth-order valence-corrected chi connectivity index (χ4v) is 1.77. The Labute approximate surface area is 103 Å². The Balaban J connectivity index is 2.40. The van der Waals surface area contributed by atoms with Gasteiger partial charge in [-0.15, -0.1) is 0 Å². The van der Waals surface area contributed by atoms with Crippen LogP contribution in [0, 0.1) is 0 Å². The highest BCUT2D eigenvalue weighted by molar-refractivity contribution is 5.06. The van der Waals surface area contributed by atoms with Crippen molar-refractivity contribution in [3.8, 4) is 0 Å². The first kappa shape index (κ1) is 14.2. The number of aromatic nitrogens is 2. The minimum atomic E-state index is 0.280. The van der Waals surface area contributed by atoms with E-state index in [1.54, 1.807) is 7.11 Å². The normalized spacial score (nSPS) is 14.8. The second-order valence-electron chi connectivity index (χ2n) is 4.40. The topological polar surface area (TPSA) is 65.1 Å². The van der Waals surface area contributed by atoms with Gasteiger partial charge in [0.2, 0.25) is 0 Å². The largest absolute Gasteiger partial charge is 0.382 e. The molecule has 0 spiro atoms. The molecule has 0 aliphatic carbocycles. The number of rotatable bonds is 8. The van der Waals surface area contributed by atoms with E-state index in [9.17, 15) is 0 Å². The smallest absolute Gasteiger partial charge is 0.0543 e. The van der Waals surface area contributed by atoms with Crippen molar-refractivity contribution in [2.45, 2.75) is 51.8 Å². The number of nitrogens with zero attached hydrogens (tertiary/aromatic N) is 2. The molecular formula is C12H24N4O. The fourth-order valence-electron chi connectivity index (χ4n) is 1.77. The molecule has 0 aromatic carbocycles. The van der Waals surface area contributed by atoms with Crippen LogP contribution in [0.3, 0.4) is 0 Å². The number of hydrogen-bond donors (Lipinski definition) is 2. The van der Waals surface area contributed by atoms with Gasteiger partial charge in [-0.2, -0.15) is 5.10 Å². The van der Waals surface area contributed by atoms with Crippen molar-refractivity contribution in [2.24, 2.45) is 5.84 Å². The number of hydrazine groups is 1. The Morgan fingerprint density at radius 1 is 1.53 bits per heavy atom. The van der Waals surface area contributed by atoms with E-state index >= 15 is 0 Å². The highest BCUT2D eigenvalue weighted by atomic mass is 16.5. The number of nitrogens with one attached hydrogen (secondary N) is 1. The minimum Gasteiger partial charge on any atom is -0.382 e. The molecule has 0 bridgehead atoms. The second kappa shape index (κ2) is 7.42. The van der Waals surface area contributed by atoms with Gasteiger partial charge < -0.3 is 4.74 Å². The summed E-state index contributed by atoms with van der Waals surface area (Å²) in [7, 11) is 1.74. The van der Waals surface area contributed by atoms with Crippen LogP contribution in [0.5, 0.6) is 0 Å². The van der Waals surface area contributed by atoms with E-state index in [1.165, 1.54) is 5.56 Å². The van der Waals surface area contributed by atoms with Gasteiger partial charge >= 0.3 is 0 Å². The Morgan fingerprint density at radius 2 is 2.29 bits per heavy atom. The summed E-state index contributed by atoms with van der Waals surface area (Å²) in [6, 6.07) is 0.280. The highest BCUT2D eigenvalue weighted by Gasteiger charge is 2.11. The first-order chi connectivity index (χ1) is 8.19. The minimum absolute atomic E-state index is 0.280. The third-order valence-electron chi connectivity index (χ3n) is 3.05. The van der Waals surface area contributed by atoms with E-state index in [1.807, 2.05) is 10.9 Å². The van der Waals surface area contributed by atoms with E-state index in [0.717, 1.165) is 25.8 Å². The lowest BCUT2D eigenvalue weighted by Gasteiger charge is -2.17. The third-order valence-corrected chi connectivity index (χ3v) is 3.05. The van der Waals surface area contributed by atoms with Crippen molar-refractivity contribution in [1.29, 1.82) is 0 Å². The van der Waals surface area contributed by atoms with Gasteiger partial charge in [0.05, 0.1) is 12.3 Å². The summed E-state index contributed by atoms with van der Waals surface area (Å²) in [5.74, 6) is 5.57. The van der Waals surface area contributed by atoms with Gasteiger partial charge in [-0.25, -0.2) is 0 Å². The van der Waals surface area contributed by atoms with Gasteiger partial charge in [0, 0.05) is 25.9 Å². The number of hydrogen-bond acceptors (Lipinski definition) is 4. The van der Waals surface area contributed by atoms with Gasteiger partial charge in [0.1, 0.15) is 0 Å². The summed E-state index contributed by atoms with van der Waals surface area (Å²) in [5, 5.41) is 4.26. The van der Waals surface area contributed by atoms with Gasteiger partial charge in [-0.1, -0.05) is 0 Å². The number of aryl methyl sites for hydroxylation is 1. The zero-order chi connectivity index (χ0) is 12.7. The zero-order valence-corrected chi connectivity index (χ0v) is 11.0. The van der Waals surface area contributed by atoms with Crippen LogP contribution in [0.2, 0.25) is 0 Å². The lowest BCUT2D eigenvalue weighted by atomic mass is 10.0. The van der Waals surface area contributed by atoms with Crippen LogP contribution in [-0.4, -0.2) is 29.0 Å². The molecule has 0 saturated heterocycles. The van der Waals surface area contributed by atoms with E-state index in [0.29, 0.717) is 0 Å². The van der Waals surface area contributed by atoms with Crippen LogP contribution in [0.1, 0.15) is 32.3 Å². The van der Waals surface area contributed by atoms with Crippen LogP contribution < -0.4 is 11.3 Å². The average molecular weight is 240 g/mol. The van der Waals surface area contributed by atoms with Crippen molar-refractivity contribution >= 4 is 0 Å². The molecule has 3 N–H and O–H groups in total. The second-order valence-corrected chi connectivity index (χ2v) is 4.40. The Morgan fingerprint density at radius 3 is 2.82 bits per heavy atom. The van der Waals surface area contributed by atoms with Crippen LogP contribution in [0.4, 0.5) is 0 Å². The monoisotopic (exact) mass is 240 g/mol. The van der Waals surface area contributed by atoms with Gasteiger partial charge in [0.25, 0.3) is 0 Å². The molecule has 17 heavy (non-hydrogen) atoms. The zero-order valence-electron chi connectivity index (χ0n) is 11.0. The number of methoxy groups -OCH3 is 1. The molecule has 98 valence electrons. The predicted molar refractivity (Wildman–Crippen MR) is 68.4 cm³/mol. The van der Waals surface area contributed by atoms with Crippen LogP contribution >= 0.6 is 0 Å². The Kier molecular flexibility index (Phi) is 6.18. The summed E-state index contributed by atoms with van der Waals surface area (Å²) in [6.07, 6.45) is 7.19. The summed E-state index contributed by atoms with van der Waals surface area (Å²) < 4.78 is 7.16. The molecule has 2 atom stereocenters. The summed E-state index contributed by atoms with van der Waals surface area (Å²) in [5.41, 5.74) is 4.09. The lowest BCUT2D eigenvalue weighted by Crippen LogP contribution is -2.37. The predicted octanol–water partition coefficient (Wildman–Crippen LogP) is 1.09. The Hall–Kier alpha value is -0.910. The SMILES string of the molecule is CCn1cc(CC(CCC(C)OC)NN)cn1. The molecule has 1 aromatic rings. The maximum atomic E-state index is 5.57. The van der Waals surface area contributed by atoms with Crippen LogP contribution in [0.25, 0.3) is 0 Å². The van der Waals surface area contributed by atoms with Crippen molar-refractivity contribution < 1.29 is 4.74 Å². The highest BCUT2D eigenvalue weighted by Crippen LogP contribution is 2.09. The summed E-state index contributed by atoms with van der Waals surface area (Å²) >= 11 is 0. The van der Waals surface area contributed by atoms with E-state index in [2.05, 4.69) is 30.6 Å². The first-order valence-corrected chi connectivity index (χ1v) is 6.19. The first-order valence-electron chi connectivity index (χ1n) is 6.19. The summed E-state index contributed by atoms with van der Waals surface area (Å²) in [6.45, 7) is 5.06. The maximum Gasteiger partial charge on any atom is 0.0543 e. The van der Waals surface area contributed by atoms with Crippen molar-refractivity contribution in [2.75, 3.05) is 7.11 Å². The molecule has 0 radical (unpaired) electrons. The molecule has 0 saturated carbocycles. The molecular weight excluding hydrogens is 216 g/mol. The molecule has 1 aromatic heterocycles. The van der Waals surface area contributed by atoms with Crippen LogP contribution in [0.15, 0.2) is 12.4 Å². The van der Waals surface area contributed by atoms with E-state index in [4.69, 9.17) is 10.6 Å². The lowest BCUT2D eigenvalue weighted by molar-refractivity contribution is 0.106.